The van der Waals surface area contributed by atoms with E-state index in [9.17, 15) is 19.2 Å². The summed E-state index contributed by atoms with van der Waals surface area (Å²) >= 11 is 0. The molecule has 7 nitrogen and oxygen atoms in total. The van der Waals surface area contributed by atoms with Crippen LogP contribution in [0.1, 0.15) is 42.2 Å². The summed E-state index contributed by atoms with van der Waals surface area (Å²) in [7, 11) is 0. The van der Waals surface area contributed by atoms with Crippen molar-refractivity contribution in [3.63, 3.8) is 0 Å². The fourth-order valence-electron chi connectivity index (χ4n) is 4.30. The molecular weight excluding hydrogens is 456 g/mol. The zero-order chi connectivity index (χ0) is 25.4. The number of fused-ring (bicyclic) bond motifs is 2. The minimum absolute atomic E-state index is 0.0793. The number of nitrogens with one attached hydrogen (secondary N) is 1. The third-order valence-corrected chi connectivity index (χ3v) is 6.34. The number of rotatable bonds is 5. The Labute approximate surface area is 207 Å². The molecule has 3 amide bonds. The number of anilines is 2. The van der Waals surface area contributed by atoms with Gasteiger partial charge in [-0.15, -0.1) is 0 Å². The summed E-state index contributed by atoms with van der Waals surface area (Å²) in [5.74, 6) is -2.21. The SMILES string of the molecule is Cc1cccc(N2C(=O)c3ccc(C(=O)OCC(=O)Nc4cccc5ccccc45)cc3C2=O)c1C. The number of imide groups is 1. The van der Waals surface area contributed by atoms with Gasteiger partial charge in [-0.3, -0.25) is 14.4 Å². The lowest BCUT2D eigenvalue weighted by molar-refractivity contribution is -0.119. The first kappa shape index (κ1) is 23.0. The number of esters is 1. The molecule has 0 aliphatic carbocycles. The highest BCUT2D eigenvalue weighted by atomic mass is 16.5. The Balaban J connectivity index is 1.30. The van der Waals surface area contributed by atoms with Crippen LogP contribution in [0.15, 0.2) is 78.9 Å². The fraction of sp³-hybridized carbons (Fsp3) is 0.103. The quantitative estimate of drug-likeness (QED) is 0.320. The Kier molecular flexibility index (Phi) is 5.82. The standard InChI is InChI=1S/C29H22N2O5/c1-17-7-5-12-25(18(17)2)31-27(33)22-14-13-20(15-23(22)28(31)34)29(35)36-16-26(32)30-24-11-6-9-19-8-3-4-10-21(19)24/h3-15H,16H2,1-2H3,(H,30,32). The van der Waals surface area contributed by atoms with Gasteiger partial charge in [0.25, 0.3) is 17.7 Å². The van der Waals surface area contributed by atoms with Crippen molar-refractivity contribution in [1.82, 2.24) is 0 Å². The van der Waals surface area contributed by atoms with E-state index in [1.807, 2.05) is 56.3 Å². The Bertz CT molecular complexity index is 1570. The molecule has 1 heterocycles. The summed E-state index contributed by atoms with van der Waals surface area (Å²) in [6.07, 6.45) is 0. The number of carbonyl (C=O) groups is 4. The van der Waals surface area contributed by atoms with Gasteiger partial charge in [0.2, 0.25) is 0 Å². The molecule has 0 fully saturated rings. The fourth-order valence-corrected chi connectivity index (χ4v) is 4.30. The minimum atomic E-state index is -0.767. The van der Waals surface area contributed by atoms with Crippen molar-refractivity contribution in [2.75, 3.05) is 16.8 Å². The monoisotopic (exact) mass is 478 g/mol. The van der Waals surface area contributed by atoms with Gasteiger partial charge in [0.15, 0.2) is 6.61 Å². The number of benzene rings is 4. The molecule has 0 spiro atoms. The summed E-state index contributed by atoms with van der Waals surface area (Å²) in [6.45, 7) is 3.25. The van der Waals surface area contributed by atoms with Gasteiger partial charge in [0.1, 0.15) is 0 Å². The van der Waals surface area contributed by atoms with Crippen LogP contribution in [0.5, 0.6) is 0 Å². The van der Waals surface area contributed by atoms with Gasteiger partial charge in [0, 0.05) is 11.1 Å². The smallest absolute Gasteiger partial charge is 0.338 e. The molecule has 178 valence electrons. The molecule has 0 atom stereocenters. The first-order chi connectivity index (χ1) is 17.3. The highest BCUT2D eigenvalue weighted by Gasteiger charge is 2.38. The van der Waals surface area contributed by atoms with Crippen LogP contribution in [-0.2, 0) is 9.53 Å². The number of nitrogens with zero attached hydrogens (tertiary/aromatic N) is 1. The van der Waals surface area contributed by atoms with E-state index in [1.165, 1.54) is 18.2 Å². The lowest BCUT2D eigenvalue weighted by Crippen LogP contribution is -2.30. The van der Waals surface area contributed by atoms with Gasteiger partial charge >= 0.3 is 5.97 Å². The van der Waals surface area contributed by atoms with Crippen LogP contribution < -0.4 is 10.2 Å². The maximum Gasteiger partial charge on any atom is 0.338 e. The Hall–Kier alpha value is -4.78. The lowest BCUT2D eigenvalue weighted by atomic mass is 10.1. The van der Waals surface area contributed by atoms with Gasteiger partial charge in [-0.25, -0.2) is 9.69 Å². The second-order valence-electron chi connectivity index (χ2n) is 8.58. The Morgan fingerprint density at radius 3 is 2.39 bits per heavy atom. The first-order valence-corrected chi connectivity index (χ1v) is 11.4. The molecule has 0 saturated heterocycles. The number of ether oxygens (including phenoxy) is 1. The molecule has 0 saturated carbocycles. The molecule has 0 aromatic heterocycles. The Morgan fingerprint density at radius 2 is 1.56 bits per heavy atom. The average Bonchev–Trinajstić information content (AvgIpc) is 3.13. The molecule has 7 heteroatoms. The van der Waals surface area contributed by atoms with E-state index in [-0.39, 0.29) is 16.7 Å². The molecule has 4 aromatic rings. The van der Waals surface area contributed by atoms with Crippen molar-refractivity contribution in [2.45, 2.75) is 13.8 Å². The second-order valence-corrected chi connectivity index (χ2v) is 8.58. The number of aryl methyl sites for hydroxylation is 1. The van der Waals surface area contributed by atoms with E-state index in [4.69, 9.17) is 4.74 Å². The summed E-state index contributed by atoms with van der Waals surface area (Å²) in [6, 6.07) is 22.7. The number of hydrogen-bond acceptors (Lipinski definition) is 5. The molecule has 1 aliphatic heterocycles. The van der Waals surface area contributed by atoms with Crippen LogP contribution in [0.25, 0.3) is 10.8 Å². The van der Waals surface area contributed by atoms with Gasteiger partial charge in [0.05, 0.1) is 22.4 Å². The predicted molar refractivity (Wildman–Crippen MR) is 136 cm³/mol. The zero-order valence-corrected chi connectivity index (χ0v) is 19.7. The van der Waals surface area contributed by atoms with Crippen molar-refractivity contribution >= 4 is 45.8 Å². The molecule has 36 heavy (non-hydrogen) atoms. The first-order valence-electron chi connectivity index (χ1n) is 11.4. The van der Waals surface area contributed by atoms with Gasteiger partial charge in [-0.2, -0.15) is 0 Å². The van der Waals surface area contributed by atoms with Crippen LogP contribution in [0.4, 0.5) is 11.4 Å². The van der Waals surface area contributed by atoms with Crippen LogP contribution in [0.3, 0.4) is 0 Å². The predicted octanol–water partition coefficient (Wildman–Crippen LogP) is 5.05. The zero-order valence-electron chi connectivity index (χ0n) is 19.7. The molecule has 5 rings (SSSR count). The second kappa shape index (κ2) is 9.11. The van der Waals surface area contributed by atoms with E-state index in [0.717, 1.165) is 26.8 Å². The lowest BCUT2D eigenvalue weighted by Gasteiger charge is -2.17. The van der Waals surface area contributed by atoms with E-state index in [1.54, 1.807) is 18.2 Å². The van der Waals surface area contributed by atoms with Crippen molar-refractivity contribution in [1.29, 1.82) is 0 Å². The third-order valence-electron chi connectivity index (χ3n) is 6.34. The molecule has 1 N–H and O–H groups in total. The highest BCUT2D eigenvalue weighted by molar-refractivity contribution is 6.35. The van der Waals surface area contributed by atoms with Crippen LogP contribution in [-0.4, -0.2) is 30.3 Å². The van der Waals surface area contributed by atoms with Gasteiger partial charge in [-0.05, 0) is 60.7 Å². The van der Waals surface area contributed by atoms with E-state index in [0.29, 0.717) is 11.4 Å². The normalized spacial score (nSPS) is 12.6. The third kappa shape index (κ3) is 4.01. The molecular formula is C29H22N2O5. The van der Waals surface area contributed by atoms with Gasteiger partial charge < -0.3 is 10.1 Å². The topological polar surface area (TPSA) is 92.8 Å². The maximum atomic E-state index is 13.1. The van der Waals surface area contributed by atoms with Crippen LogP contribution in [0, 0.1) is 13.8 Å². The molecule has 0 unspecified atom stereocenters. The molecule has 4 aromatic carbocycles. The molecule has 0 bridgehead atoms. The maximum absolute atomic E-state index is 13.1. The average molecular weight is 479 g/mol. The highest BCUT2D eigenvalue weighted by Crippen LogP contribution is 2.32. The summed E-state index contributed by atoms with van der Waals surface area (Å²) in [5.41, 5.74) is 3.31. The van der Waals surface area contributed by atoms with Crippen molar-refractivity contribution in [3.05, 3.63) is 107 Å². The minimum Gasteiger partial charge on any atom is -0.452 e. The largest absolute Gasteiger partial charge is 0.452 e. The van der Waals surface area contributed by atoms with Crippen LogP contribution in [0.2, 0.25) is 0 Å². The number of amides is 3. The number of carbonyl (C=O) groups excluding carboxylic acids is 4. The van der Waals surface area contributed by atoms with Crippen molar-refractivity contribution < 1.29 is 23.9 Å². The van der Waals surface area contributed by atoms with Gasteiger partial charge in [-0.1, -0.05) is 48.5 Å². The Morgan fingerprint density at radius 1 is 0.833 bits per heavy atom. The van der Waals surface area contributed by atoms with E-state index in [2.05, 4.69) is 5.32 Å². The summed E-state index contributed by atoms with van der Waals surface area (Å²) in [5, 5.41) is 4.60. The van der Waals surface area contributed by atoms with E-state index >= 15 is 0 Å². The summed E-state index contributed by atoms with van der Waals surface area (Å²) < 4.78 is 5.18. The number of hydrogen-bond donors (Lipinski definition) is 1. The molecule has 0 radical (unpaired) electrons. The van der Waals surface area contributed by atoms with Crippen molar-refractivity contribution in [2.24, 2.45) is 0 Å². The molecule has 1 aliphatic rings. The van der Waals surface area contributed by atoms with E-state index < -0.39 is 30.3 Å². The summed E-state index contributed by atoms with van der Waals surface area (Å²) in [4.78, 5) is 52.3. The van der Waals surface area contributed by atoms with Crippen molar-refractivity contribution in [3.8, 4) is 0 Å². The van der Waals surface area contributed by atoms with Crippen LogP contribution >= 0.6 is 0 Å².